The number of fused-ring (bicyclic) bond motifs is 2. The summed E-state index contributed by atoms with van der Waals surface area (Å²) in [5.41, 5.74) is 1.15. The van der Waals surface area contributed by atoms with E-state index in [0.717, 1.165) is 18.4 Å². The van der Waals surface area contributed by atoms with E-state index in [1.807, 2.05) is 0 Å². The molecule has 22 heavy (non-hydrogen) atoms. The third-order valence-electron chi connectivity index (χ3n) is 6.53. The third-order valence-corrected chi connectivity index (χ3v) is 6.53. The summed E-state index contributed by atoms with van der Waals surface area (Å²) in [5, 5.41) is 10.4. The summed E-state index contributed by atoms with van der Waals surface area (Å²) in [6, 6.07) is 0. The second kappa shape index (κ2) is 5.05. The SMILES string of the molecule is CO[C@@H]1C2=C(C)C(=O)O[C@]2(OC)C[C@H]2CC[C@H](O)[C@H](C)[C@]21C. The minimum atomic E-state index is -0.992. The molecule has 0 amide bonds. The summed E-state index contributed by atoms with van der Waals surface area (Å²) in [6.07, 6.45) is 1.66. The predicted octanol–water partition coefficient (Wildman–Crippen LogP) is 2.03. The van der Waals surface area contributed by atoms with Crippen LogP contribution in [0.4, 0.5) is 0 Å². The number of methoxy groups -OCH3 is 2. The molecule has 0 spiro atoms. The number of hydrogen-bond acceptors (Lipinski definition) is 5. The molecule has 5 heteroatoms. The van der Waals surface area contributed by atoms with E-state index in [9.17, 15) is 9.90 Å². The van der Waals surface area contributed by atoms with E-state index in [1.165, 1.54) is 0 Å². The van der Waals surface area contributed by atoms with E-state index in [2.05, 4.69) is 13.8 Å². The summed E-state index contributed by atoms with van der Waals surface area (Å²) >= 11 is 0. The van der Waals surface area contributed by atoms with Crippen LogP contribution in [0.1, 0.15) is 40.0 Å². The van der Waals surface area contributed by atoms with Gasteiger partial charge in [0.05, 0.1) is 12.2 Å². The van der Waals surface area contributed by atoms with Crippen molar-refractivity contribution in [2.75, 3.05) is 14.2 Å². The van der Waals surface area contributed by atoms with Crippen molar-refractivity contribution in [1.82, 2.24) is 0 Å². The number of hydrogen-bond donors (Lipinski definition) is 1. The number of rotatable bonds is 2. The molecule has 0 aromatic rings. The number of carbonyl (C=O) groups is 1. The highest BCUT2D eigenvalue weighted by molar-refractivity contribution is 5.92. The molecule has 2 saturated carbocycles. The van der Waals surface area contributed by atoms with E-state index < -0.39 is 5.79 Å². The molecule has 0 bridgehead atoms. The average Bonchev–Trinajstić information content (AvgIpc) is 2.75. The van der Waals surface area contributed by atoms with Gasteiger partial charge in [-0.15, -0.1) is 0 Å². The van der Waals surface area contributed by atoms with Crippen molar-refractivity contribution in [3.8, 4) is 0 Å². The normalized spacial score (nSPS) is 48.0. The second-order valence-corrected chi connectivity index (χ2v) is 7.20. The molecule has 0 radical (unpaired) electrons. The van der Waals surface area contributed by atoms with Gasteiger partial charge in [-0.25, -0.2) is 4.79 Å². The van der Waals surface area contributed by atoms with Gasteiger partial charge < -0.3 is 19.3 Å². The molecule has 2 aliphatic carbocycles. The van der Waals surface area contributed by atoms with E-state index >= 15 is 0 Å². The first kappa shape index (κ1) is 16.0. The fraction of sp³-hybridized carbons (Fsp3) is 0.824. The van der Waals surface area contributed by atoms with Gasteiger partial charge in [0.15, 0.2) is 0 Å². The Morgan fingerprint density at radius 3 is 2.59 bits per heavy atom. The molecule has 0 aromatic heterocycles. The van der Waals surface area contributed by atoms with Crippen molar-refractivity contribution in [3.05, 3.63) is 11.1 Å². The van der Waals surface area contributed by atoms with Crippen LogP contribution in [0.2, 0.25) is 0 Å². The van der Waals surface area contributed by atoms with Crippen molar-refractivity contribution < 1.29 is 24.1 Å². The topological polar surface area (TPSA) is 65.0 Å². The van der Waals surface area contributed by atoms with Gasteiger partial charge in [-0.3, -0.25) is 0 Å². The Hall–Kier alpha value is -0.910. The van der Waals surface area contributed by atoms with Crippen LogP contribution in [0.5, 0.6) is 0 Å². The molecule has 124 valence electrons. The average molecular weight is 310 g/mol. The number of aliphatic hydroxyl groups excluding tert-OH is 1. The van der Waals surface area contributed by atoms with Crippen molar-refractivity contribution in [2.24, 2.45) is 17.3 Å². The van der Waals surface area contributed by atoms with Crippen molar-refractivity contribution in [3.63, 3.8) is 0 Å². The Kier molecular flexibility index (Phi) is 3.66. The molecule has 1 N–H and O–H groups in total. The largest absolute Gasteiger partial charge is 0.425 e. The summed E-state index contributed by atoms with van der Waals surface area (Å²) in [4.78, 5) is 12.2. The highest BCUT2D eigenvalue weighted by Crippen LogP contribution is 2.61. The van der Waals surface area contributed by atoms with Crippen LogP contribution in [-0.4, -0.2) is 43.3 Å². The van der Waals surface area contributed by atoms with Crippen LogP contribution in [0.25, 0.3) is 0 Å². The van der Waals surface area contributed by atoms with Crippen LogP contribution in [0.3, 0.4) is 0 Å². The Balaban J connectivity index is 2.15. The molecule has 1 aliphatic heterocycles. The maximum absolute atomic E-state index is 12.2. The van der Waals surface area contributed by atoms with Crippen molar-refractivity contribution >= 4 is 5.97 Å². The lowest BCUT2D eigenvalue weighted by Crippen LogP contribution is -2.61. The van der Waals surface area contributed by atoms with Gasteiger partial charge in [-0.05, 0) is 31.6 Å². The Bertz CT molecular complexity index is 527. The van der Waals surface area contributed by atoms with Gasteiger partial charge in [0.2, 0.25) is 5.79 Å². The molecule has 1 heterocycles. The van der Waals surface area contributed by atoms with Gasteiger partial charge in [0, 0.05) is 37.2 Å². The molecular weight excluding hydrogens is 284 g/mol. The Morgan fingerprint density at radius 1 is 1.32 bits per heavy atom. The first-order chi connectivity index (χ1) is 10.3. The smallest absolute Gasteiger partial charge is 0.336 e. The minimum Gasteiger partial charge on any atom is -0.425 e. The molecule has 5 nitrogen and oxygen atoms in total. The summed E-state index contributed by atoms with van der Waals surface area (Å²) in [5.74, 6) is -0.955. The highest BCUT2D eigenvalue weighted by atomic mass is 16.7. The fourth-order valence-corrected chi connectivity index (χ4v) is 4.96. The maximum Gasteiger partial charge on any atom is 0.336 e. The van der Waals surface area contributed by atoms with Gasteiger partial charge in [-0.1, -0.05) is 13.8 Å². The van der Waals surface area contributed by atoms with E-state index in [-0.39, 0.29) is 35.4 Å². The zero-order valence-electron chi connectivity index (χ0n) is 14.0. The fourth-order valence-electron chi connectivity index (χ4n) is 4.96. The zero-order valence-corrected chi connectivity index (χ0v) is 14.0. The van der Waals surface area contributed by atoms with Crippen molar-refractivity contribution in [2.45, 2.75) is 58.0 Å². The molecule has 3 rings (SSSR count). The summed E-state index contributed by atoms with van der Waals surface area (Å²) in [7, 11) is 3.25. The van der Waals surface area contributed by atoms with Gasteiger partial charge in [0.1, 0.15) is 0 Å². The lowest BCUT2D eigenvalue weighted by Gasteiger charge is -2.58. The van der Waals surface area contributed by atoms with Crippen LogP contribution >= 0.6 is 0 Å². The molecule has 3 aliphatic rings. The first-order valence-electron chi connectivity index (χ1n) is 8.02. The van der Waals surface area contributed by atoms with Crippen LogP contribution in [0.15, 0.2) is 11.1 Å². The van der Waals surface area contributed by atoms with Gasteiger partial charge in [0.25, 0.3) is 0 Å². The van der Waals surface area contributed by atoms with Gasteiger partial charge in [-0.2, -0.15) is 0 Å². The highest BCUT2D eigenvalue weighted by Gasteiger charge is 2.65. The zero-order chi connectivity index (χ0) is 16.3. The second-order valence-electron chi connectivity index (χ2n) is 7.20. The van der Waals surface area contributed by atoms with E-state index in [0.29, 0.717) is 12.0 Å². The van der Waals surface area contributed by atoms with Gasteiger partial charge >= 0.3 is 5.97 Å². The number of esters is 1. The minimum absolute atomic E-state index is 0.0852. The number of ether oxygens (including phenoxy) is 3. The molecule has 2 fully saturated rings. The lowest BCUT2D eigenvalue weighted by atomic mass is 9.51. The van der Waals surface area contributed by atoms with Crippen LogP contribution < -0.4 is 0 Å². The molecule has 0 unspecified atom stereocenters. The van der Waals surface area contributed by atoms with Crippen LogP contribution in [-0.2, 0) is 19.0 Å². The first-order valence-corrected chi connectivity index (χ1v) is 8.02. The van der Waals surface area contributed by atoms with Crippen LogP contribution in [0, 0.1) is 17.3 Å². The Morgan fingerprint density at radius 2 is 2.00 bits per heavy atom. The van der Waals surface area contributed by atoms with E-state index in [1.54, 1.807) is 21.1 Å². The Labute approximate surface area is 131 Å². The molecular formula is C17H26O5. The summed E-state index contributed by atoms with van der Waals surface area (Å²) < 4.78 is 17.2. The molecule has 6 atom stereocenters. The third kappa shape index (κ3) is 1.79. The standard InChI is InChI=1S/C17H26O5/c1-9-13-14(20-4)16(3)10(2)12(18)7-6-11(16)8-17(13,21-5)22-15(9)19/h10-12,14,18H,6-8H2,1-5H3/t10-,11+,12-,14+,16+,17+/m0/s1. The summed E-state index contributed by atoms with van der Waals surface area (Å²) in [6.45, 7) is 6.02. The number of carbonyl (C=O) groups excluding carboxylic acids is 1. The quantitative estimate of drug-likeness (QED) is 0.791. The molecule has 0 saturated heterocycles. The lowest BCUT2D eigenvalue weighted by molar-refractivity contribution is -0.242. The monoisotopic (exact) mass is 310 g/mol. The van der Waals surface area contributed by atoms with E-state index in [4.69, 9.17) is 14.2 Å². The molecule has 0 aromatic carbocycles. The maximum atomic E-state index is 12.2. The van der Waals surface area contributed by atoms with Crippen molar-refractivity contribution in [1.29, 1.82) is 0 Å². The predicted molar refractivity (Wildman–Crippen MR) is 79.9 cm³/mol. The number of aliphatic hydroxyl groups is 1.